The van der Waals surface area contributed by atoms with Gasteiger partial charge in [0.05, 0.1) is 0 Å². The molecule has 0 heterocycles. The van der Waals surface area contributed by atoms with E-state index >= 15 is 0 Å². The molecule has 0 bridgehead atoms. The fraction of sp³-hybridized carbons (Fsp3) is 0.938. The number of carbonyl (C=O) groups excluding carboxylic acids is 1. The molecule has 4 atom stereocenters. The molecule has 0 aromatic carbocycles. The third-order valence-corrected chi connectivity index (χ3v) is 5.25. The third-order valence-electron chi connectivity index (χ3n) is 5.25. The predicted octanol–water partition coefficient (Wildman–Crippen LogP) is 3.83. The summed E-state index contributed by atoms with van der Waals surface area (Å²) < 4.78 is 5.21. The van der Waals surface area contributed by atoms with Gasteiger partial charge in [0.25, 0.3) is 0 Å². The number of fused-ring (bicyclic) bond motifs is 1. The zero-order valence-corrected chi connectivity index (χ0v) is 11.8. The molecule has 0 saturated heterocycles. The van der Waals surface area contributed by atoms with Gasteiger partial charge in [-0.2, -0.15) is 0 Å². The lowest BCUT2D eigenvalue weighted by molar-refractivity contribution is -0.108. The van der Waals surface area contributed by atoms with Crippen molar-refractivity contribution in [3.05, 3.63) is 0 Å². The van der Waals surface area contributed by atoms with Crippen LogP contribution in [0.3, 0.4) is 0 Å². The zero-order chi connectivity index (χ0) is 12.8. The molecule has 104 valence electrons. The second-order valence-electron chi connectivity index (χ2n) is 6.40. The molecule has 2 fully saturated rings. The van der Waals surface area contributed by atoms with Crippen molar-refractivity contribution in [3.63, 3.8) is 0 Å². The maximum Gasteiger partial charge on any atom is 0.120 e. The Labute approximate surface area is 111 Å². The summed E-state index contributed by atoms with van der Waals surface area (Å²) in [6.45, 7) is 0.935. The molecule has 0 radical (unpaired) electrons. The van der Waals surface area contributed by atoms with Crippen molar-refractivity contribution in [2.45, 2.75) is 57.8 Å². The van der Waals surface area contributed by atoms with Crippen LogP contribution in [0, 0.1) is 23.7 Å². The van der Waals surface area contributed by atoms with Gasteiger partial charge in [-0.05, 0) is 62.2 Å². The lowest BCUT2D eigenvalue weighted by atomic mass is 9.64. The van der Waals surface area contributed by atoms with Crippen molar-refractivity contribution in [1.82, 2.24) is 0 Å². The molecule has 0 spiro atoms. The molecule has 0 N–H and O–H groups in total. The van der Waals surface area contributed by atoms with Crippen molar-refractivity contribution >= 4 is 6.29 Å². The van der Waals surface area contributed by atoms with Gasteiger partial charge in [-0.3, -0.25) is 0 Å². The molecule has 2 saturated carbocycles. The first kappa shape index (κ1) is 14.0. The number of hydrogen-bond donors (Lipinski definition) is 0. The third kappa shape index (κ3) is 3.81. The fourth-order valence-electron chi connectivity index (χ4n) is 4.20. The van der Waals surface area contributed by atoms with Crippen LogP contribution >= 0.6 is 0 Å². The minimum Gasteiger partial charge on any atom is -0.385 e. The van der Waals surface area contributed by atoms with Gasteiger partial charge in [-0.15, -0.1) is 0 Å². The summed E-state index contributed by atoms with van der Waals surface area (Å²) in [6.07, 6.45) is 12.7. The summed E-state index contributed by atoms with van der Waals surface area (Å²) in [5, 5.41) is 0. The molecular formula is C16H28O2. The summed E-state index contributed by atoms with van der Waals surface area (Å²) in [5.41, 5.74) is 0. The number of carbonyl (C=O) groups is 1. The number of hydrogen-bond acceptors (Lipinski definition) is 2. The van der Waals surface area contributed by atoms with Crippen molar-refractivity contribution in [2.75, 3.05) is 13.7 Å². The van der Waals surface area contributed by atoms with Crippen LogP contribution in [0.5, 0.6) is 0 Å². The second-order valence-corrected chi connectivity index (χ2v) is 6.40. The number of aldehydes is 1. The highest BCUT2D eigenvalue weighted by molar-refractivity contribution is 5.49. The lowest BCUT2D eigenvalue weighted by Crippen LogP contribution is -2.31. The smallest absolute Gasteiger partial charge is 0.120 e. The largest absolute Gasteiger partial charge is 0.385 e. The average Bonchev–Trinajstić information content (AvgIpc) is 2.42. The van der Waals surface area contributed by atoms with Gasteiger partial charge < -0.3 is 9.53 Å². The Hall–Kier alpha value is -0.370. The van der Waals surface area contributed by atoms with Crippen LogP contribution < -0.4 is 0 Å². The van der Waals surface area contributed by atoms with Gasteiger partial charge >= 0.3 is 0 Å². The summed E-state index contributed by atoms with van der Waals surface area (Å²) in [5.74, 6) is 3.70. The molecule has 4 unspecified atom stereocenters. The van der Waals surface area contributed by atoms with E-state index in [1.807, 2.05) is 7.11 Å². The molecule has 2 heteroatoms. The Bertz CT molecular complexity index is 251. The van der Waals surface area contributed by atoms with E-state index in [4.69, 9.17) is 4.74 Å². The highest BCUT2D eigenvalue weighted by atomic mass is 16.5. The molecule has 2 aliphatic rings. The average molecular weight is 252 g/mol. The molecular weight excluding hydrogens is 224 g/mol. The van der Waals surface area contributed by atoms with Crippen molar-refractivity contribution < 1.29 is 9.53 Å². The predicted molar refractivity (Wildman–Crippen MR) is 73.5 cm³/mol. The Kier molecular flexibility index (Phi) is 5.68. The number of rotatable bonds is 6. The molecule has 0 aromatic heterocycles. The highest BCUT2D eigenvalue weighted by Gasteiger charge is 2.34. The minimum atomic E-state index is 0.776. The summed E-state index contributed by atoms with van der Waals surface area (Å²) in [4.78, 5) is 10.5. The molecule has 2 nitrogen and oxygen atoms in total. The molecule has 2 rings (SSSR count). The van der Waals surface area contributed by atoms with E-state index in [0.717, 1.165) is 49.4 Å². The zero-order valence-electron chi connectivity index (χ0n) is 11.8. The second kappa shape index (κ2) is 7.28. The van der Waals surface area contributed by atoms with Gasteiger partial charge in [-0.1, -0.05) is 12.8 Å². The van der Waals surface area contributed by atoms with Gasteiger partial charge in [-0.25, -0.2) is 0 Å². The van der Waals surface area contributed by atoms with Crippen LogP contribution in [-0.4, -0.2) is 20.0 Å². The van der Waals surface area contributed by atoms with Crippen LogP contribution in [0.1, 0.15) is 57.8 Å². The van der Waals surface area contributed by atoms with Crippen LogP contribution in [0.2, 0.25) is 0 Å². The minimum absolute atomic E-state index is 0.776. The molecule has 0 amide bonds. The lowest BCUT2D eigenvalue weighted by Gasteiger charge is -2.42. The Balaban J connectivity index is 1.74. The fourth-order valence-corrected chi connectivity index (χ4v) is 4.20. The van der Waals surface area contributed by atoms with E-state index in [1.165, 1.54) is 44.9 Å². The summed E-state index contributed by atoms with van der Waals surface area (Å²) in [7, 11) is 1.81. The normalized spacial score (nSPS) is 36.1. The molecule has 18 heavy (non-hydrogen) atoms. The number of ether oxygens (including phenoxy) is 1. The van der Waals surface area contributed by atoms with E-state index in [9.17, 15) is 4.79 Å². The molecule has 2 aliphatic carbocycles. The summed E-state index contributed by atoms with van der Waals surface area (Å²) in [6, 6.07) is 0. The van der Waals surface area contributed by atoms with Crippen molar-refractivity contribution in [2.24, 2.45) is 23.7 Å². The van der Waals surface area contributed by atoms with Crippen LogP contribution in [0.25, 0.3) is 0 Å². The van der Waals surface area contributed by atoms with Gasteiger partial charge in [0, 0.05) is 20.1 Å². The first-order chi connectivity index (χ1) is 8.83. The standard InChI is InChI=1S/C16H28O2/c1-18-10-8-14-5-7-15-11-13(3-2-9-17)4-6-16(15)12-14/h9,13-16H,2-8,10-12H2,1H3. The molecule has 0 aliphatic heterocycles. The van der Waals surface area contributed by atoms with Crippen molar-refractivity contribution in [3.8, 4) is 0 Å². The van der Waals surface area contributed by atoms with Gasteiger partial charge in [0.2, 0.25) is 0 Å². The first-order valence-corrected chi connectivity index (χ1v) is 7.76. The van der Waals surface area contributed by atoms with E-state index in [0.29, 0.717) is 0 Å². The van der Waals surface area contributed by atoms with Gasteiger partial charge in [0.15, 0.2) is 0 Å². The first-order valence-electron chi connectivity index (χ1n) is 7.76. The monoisotopic (exact) mass is 252 g/mol. The Morgan fingerprint density at radius 1 is 1.00 bits per heavy atom. The van der Waals surface area contributed by atoms with Crippen LogP contribution in [0.4, 0.5) is 0 Å². The Morgan fingerprint density at radius 2 is 1.61 bits per heavy atom. The topological polar surface area (TPSA) is 26.3 Å². The maximum absolute atomic E-state index is 10.5. The van der Waals surface area contributed by atoms with Gasteiger partial charge in [0.1, 0.15) is 6.29 Å². The summed E-state index contributed by atoms with van der Waals surface area (Å²) >= 11 is 0. The van der Waals surface area contributed by atoms with E-state index in [1.54, 1.807) is 0 Å². The van der Waals surface area contributed by atoms with E-state index < -0.39 is 0 Å². The van der Waals surface area contributed by atoms with Crippen LogP contribution in [-0.2, 0) is 9.53 Å². The number of methoxy groups -OCH3 is 1. The maximum atomic E-state index is 10.5. The van der Waals surface area contributed by atoms with E-state index in [2.05, 4.69) is 0 Å². The molecule has 0 aromatic rings. The SMILES string of the molecule is COCCC1CCC2CC(CCC=O)CCC2C1. The van der Waals surface area contributed by atoms with E-state index in [-0.39, 0.29) is 0 Å². The van der Waals surface area contributed by atoms with Crippen molar-refractivity contribution in [1.29, 1.82) is 0 Å². The quantitative estimate of drug-likeness (QED) is 0.671. The Morgan fingerprint density at radius 3 is 2.17 bits per heavy atom. The highest BCUT2D eigenvalue weighted by Crippen LogP contribution is 2.46. The van der Waals surface area contributed by atoms with Crippen LogP contribution in [0.15, 0.2) is 0 Å².